The molecule has 0 atom stereocenters. The zero-order valence-corrected chi connectivity index (χ0v) is 11.1. The molecule has 0 radical (unpaired) electrons. The van der Waals surface area contributed by atoms with Crippen molar-refractivity contribution in [2.75, 3.05) is 30.5 Å². The van der Waals surface area contributed by atoms with Gasteiger partial charge in [-0.15, -0.1) is 0 Å². The standard InChI is InChI=1S/C13H14F2N2S/c1-17(5-6-18-2)12-3-4-16-13-10(12)7-9(14)8-11(13)15/h3-4,7-8H,5-6H2,1-2H3. The van der Waals surface area contributed by atoms with Crippen LogP contribution in [-0.4, -0.2) is 30.6 Å². The Morgan fingerprint density at radius 1 is 1.33 bits per heavy atom. The van der Waals surface area contributed by atoms with Crippen molar-refractivity contribution in [2.24, 2.45) is 0 Å². The molecule has 0 spiro atoms. The van der Waals surface area contributed by atoms with Gasteiger partial charge in [0.25, 0.3) is 0 Å². The summed E-state index contributed by atoms with van der Waals surface area (Å²) in [7, 11) is 1.91. The smallest absolute Gasteiger partial charge is 0.152 e. The molecule has 0 fully saturated rings. The summed E-state index contributed by atoms with van der Waals surface area (Å²) in [6.07, 6.45) is 3.58. The molecule has 0 aliphatic heterocycles. The molecule has 2 rings (SSSR count). The zero-order chi connectivity index (χ0) is 13.1. The fourth-order valence-electron chi connectivity index (χ4n) is 1.85. The quantitative estimate of drug-likeness (QED) is 0.846. The first-order chi connectivity index (χ1) is 8.63. The molecule has 1 aromatic carbocycles. The van der Waals surface area contributed by atoms with E-state index in [1.54, 1.807) is 24.0 Å². The minimum Gasteiger partial charge on any atom is -0.373 e. The van der Waals surface area contributed by atoms with Crippen LogP contribution in [0.2, 0.25) is 0 Å². The van der Waals surface area contributed by atoms with Gasteiger partial charge in [-0.3, -0.25) is 4.98 Å². The molecule has 0 N–H and O–H groups in total. The van der Waals surface area contributed by atoms with Crippen molar-refractivity contribution < 1.29 is 8.78 Å². The van der Waals surface area contributed by atoms with Crippen molar-refractivity contribution in [3.63, 3.8) is 0 Å². The SMILES string of the molecule is CSCCN(C)c1ccnc2c(F)cc(F)cc12. The van der Waals surface area contributed by atoms with Gasteiger partial charge in [-0.2, -0.15) is 11.8 Å². The molecule has 96 valence electrons. The monoisotopic (exact) mass is 268 g/mol. The van der Waals surface area contributed by atoms with Crippen LogP contribution in [0.25, 0.3) is 10.9 Å². The van der Waals surface area contributed by atoms with Crippen LogP contribution < -0.4 is 4.90 Å². The molecular formula is C13H14F2N2S. The van der Waals surface area contributed by atoms with E-state index < -0.39 is 11.6 Å². The Balaban J connectivity index is 2.50. The van der Waals surface area contributed by atoms with Crippen LogP contribution in [0.1, 0.15) is 0 Å². The van der Waals surface area contributed by atoms with E-state index in [0.717, 1.165) is 24.1 Å². The van der Waals surface area contributed by atoms with Gasteiger partial charge in [0, 0.05) is 42.7 Å². The van der Waals surface area contributed by atoms with Gasteiger partial charge >= 0.3 is 0 Å². The first-order valence-electron chi connectivity index (χ1n) is 5.57. The third-order valence-electron chi connectivity index (χ3n) is 2.78. The van der Waals surface area contributed by atoms with Crippen LogP contribution in [0.4, 0.5) is 14.5 Å². The summed E-state index contributed by atoms with van der Waals surface area (Å²) in [5, 5.41) is 0.513. The molecule has 0 saturated heterocycles. The minimum atomic E-state index is -0.620. The third-order valence-corrected chi connectivity index (χ3v) is 3.37. The number of fused-ring (bicyclic) bond motifs is 1. The molecule has 0 aliphatic carbocycles. The van der Waals surface area contributed by atoms with Gasteiger partial charge in [-0.1, -0.05) is 0 Å². The van der Waals surface area contributed by atoms with E-state index in [0.29, 0.717) is 5.39 Å². The maximum atomic E-state index is 13.6. The van der Waals surface area contributed by atoms with Gasteiger partial charge in [-0.05, 0) is 18.4 Å². The molecule has 0 amide bonds. The van der Waals surface area contributed by atoms with Crippen molar-refractivity contribution in [2.45, 2.75) is 0 Å². The second kappa shape index (κ2) is 5.52. The largest absolute Gasteiger partial charge is 0.373 e. The second-order valence-electron chi connectivity index (χ2n) is 4.03. The summed E-state index contributed by atoms with van der Waals surface area (Å²) in [4.78, 5) is 5.96. The Labute approximate surface area is 109 Å². The number of rotatable bonds is 4. The highest BCUT2D eigenvalue weighted by Crippen LogP contribution is 2.27. The topological polar surface area (TPSA) is 16.1 Å². The van der Waals surface area contributed by atoms with Crippen LogP contribution in [0, 0.1) is 11.6 Å². The molecule has 1 heterocycles. The average molecular weight is 268 g/mol. The number of aromatic nitrogens is 1. The molecule has 0 aliphatic rings. The Bertz CT molecular complexity index is 560. The minimum absolute atomic E-state index is 0.213. The molecule has 18 heavy (non-hydrogen) atoms. The highest BCUT2D eigenvalue weighted by Gasteiger charge is 2.11. The summed E-state index contributed by atoms with van der Waals surface area (Å²) in [5.74, 6) is -0.240. The van der Waals surface area contributed by atoms with E-state index in [9.17, 15) is 8.78 Å². The van der Waals surface area contributed by atoms with Gasteiger partial charge in [0.1, 0.15) is 11.3 Å². The number of halogens is 2. The molecular weight excluding hydrogens is 254 g/mol. The lowest BCUT2D eigenvalue weighted by Gasteiger charge is -2.20. The number of nitrogens with zero attached hydrogens (tertiary/aromatic N) is 2. The second-order valence-corrected chi connectivity index (χ2v) is 5.01. The molecule has 0 saturated carbocycles. The first kappa shape index (κ1) is 13.1. The molecule has 1 aromatic heterocycles. The van der Waals surface area contributed by atoms with Gasteiger partial charge in [0.05, 0.1) is 0 Å². The molecule has 5 heteroatoms. The Kier molecular flexibility index (Phi) is 4.01. The number of anilines is 1. The normalized spacial score (nSPS) is 10.9. The fraction of sp³-hybridized carbons (Fsp3) is 0.308. The maximum absolute atomic E-state index is 13.6. The lowest BCUT2D eigenvalue weighted by atomic mass is 10.1. The van der Waals surface area contributed by atoms with Gasteiger partial charge in [0.15, 0.2) is 5.82 Å². The molecule has 0 unspecified atom stereocenters. The summed E-state index contributed by atoms with van der Waals surface area (Å²) in [5.41, 5.74) is 1.01. The van der Waals surface area contributed by atoms with Gasteiger partial charge < -0.3 is 4.90 Å². The summed E-state index contributed by atoms with van der Waals surface area (Å²) in [6.45, 7) is 0.818. The van der Waals surface area contributed by atoms with E-state index in [2.05, 4.69) is 4.98 Å². The van der Waals surface area contributed by atoms with Crippen molar-refractivity contribution >= 4 is 28.4 Å². The average Bonchev–Trinajstić information content (AvgIpc) is 2.35. The van der Waals surface area contributed by atoms with Crippen LogP contribution in [0.3, 0.4) is 0 Å². The lowest BCUT2D eigenvalue weighted by molar-refractivity contribution is 0.590. The van der Waals surface area contributed by atoms with Crippen molar-refractivity contribution in [3.05, 3.63) is 36.0 Å². The number of pyridine rings is 1. The van der Waals surface area contributed by atoms with Crippen molar-refractivity contribution in [1.82, 2.24) is 4.98 Å². The first-order valence-corrected chi connectivity index (χ1v) is 6.96. The number of thioether (sulfide) groups is 1. The van der Waals surface area contributed by atoms with Crippen molar-refractivity contribution in [3.8, 4) is 0 Å². The molecule has 2 nitrogen and oxygen atoms in total. The van der Waals surface area contributed by atoms with E-state index in [1.807, 2.05) is 18.2 Å². The van der Waals surface area contributed by atoms with E-state index in [4.69, 9.17) is 0 Å². The number of hydrogen-bond acceptors (Lipinski definition) is 3. The summed E-state index contributed by atoms with van der Waals surface area (Å²) in [6, 6.07) is 3.97. The number of benzene rings is 1. The highest BCUT2D eigenvalue weighted by molar-refractivity contribution is 7.98. The predicted octanol–water partition coefficient (Wildman–Crippen LogP) is 3.31. The highest BCUT2D eigenvalue weighted by atomic mass is 32.2. The lowest BCUT2D eigenvalue weighted by Crippen LogP contribution is -2.20. The van der Waals surface area contributed by atoms with Crippen molar-refractivity contribution in [1.29, 1.82) is 0 Å². The van der Waals surface area contributed by atoms with Crippen LogP contribution >= 0.6 is 11.8 Å². The van der Waals surface area contributed by atoms with Gasteiger partial charge in [-0.25, -0.2) is 8.78 Å². The van der Waals surface area contributed by atoms with E-state index in [-0.39, 0.29) is 5.52 Å². The zero-order valence-electron chi connectivity index (χ0n) is 10.3. The Hall–Kier alpha value is -1.36. The number of hydrogen-bond donors (Lipinski definition) is 0. The van der Waals surface area contributed by atoms with Crippen LogP contribution in [0.15, 0.2) is 24.4 Å². The van der Waals surface area contributed by atoms with Crippen LogP contribution in [0.5, 0.6) is 0 Å². The van der Waals surface area contributed by atoms with E-state index in [1.165, 1.54) is 6.07 Å². The Morgan fingerprint density at radius 2 is 2.11 bits per heavy atom. The van der Waals surface area contributed by atoms with Gasteiger partial charge in [0.2, 0.25) is 0 Å². The maximum Gasteiger partial charge on any atom is 0.152 e. The molecule has 2 aromatic rings. The molecule has 0 bridgehead atoms. The fourth-order valence-corrected chi connectivity index (χ4v) is 2.30. The third kappa shape index (κ3) is 2.56. The predicted molar refractivity (Wildman–Crippen MR) is 73.3 cm³/mol. The van der Waals surface area contributed by atoms with Crippen LogP contribution in [-0.2, 0) is 0 Å². The summed E-state index contributed by atoms with van der Waals surface area (Å²) >= 11 is 1.73. The van der Waals surface area contributed by atoms with E-state index >= 15 is 0 Å². The Morgan fingerprint density at radius 3 is 2.83 bits per heavy atom. The summed E-state index contributed by atoms with van der Waals surface area (Å²) < 4.78 is 26.9.